The number of nitrogens with one attached hydrogen (secondary N) is 1. The lowest BCUT2D eigenvalue weighted by Gasteiger charge is -2.34. The number of likely N-dealkylation sites (N-methyl/N-ethyl adjacent to an activating group) is 1. The Hall–Kier alpha value is -3.23. The van der Waals surface area contributed by atoms with Crippen molar-refractivity contribution >= 4 is 11.7 Å². The van der Waals surface area contributed by atoms with Crippen LogP contribution in [0.1, 0.15) is 17.4 Å². The summed E-state index contributed by atoms with van der Waals surface area (Å²) in [6.45, 7) is 6.25. The molecule has 0 spiro atoms. The van der Waals surface area contributed by atoms with E-state index in [4.69, 9.17) is 10.5 Å². The summed E-state index contributed by atoms with van der Waals surface area (Å²) in [6.07, 6.45) is -0.358. The average Bonchev–Trinajstić information content (AvgIpc) is 3.30. The predicted octanol–water partition coefficient (Wildman–Crippen LogP) is 2.39. The van der Waals surface area contributed by atoms with Crippen molar-refractivity contribution in [2.24, 2.45) is 5.73 Å². The van der Waals surface area contributed by atoms with Gasteiger partial charge in [0.1, 0.15) is 17.5 Å². The normalized spacial score (nSPS) is 15.6. The van der Waals surface area contributed by atoms with E-state index in [9.17, 15) is 4.79 Å². The molecule has 1 saturated heterocycles. The molecule has 3 heterocycles. The lowest BCUT2D eigenvalue weighted by molar-refractivity contribution is 0.0352. The molecular weight excluding hydrogens is 392 g/mol. The maximum absolute atomic E-state index is 12.2. The summed E-state index contributed by atoms with van der Waals surface area (Å²) in [4.78, 5) is 21.4. The van der Waals surface area contributed by atoms with Crippen LogP contribution >= 0.6 is 0 Å². The second-order valence-corrected chi connectivity index (χ2v) is 7.86. The SMILES string of the molecule is CC(CN)OC(=O)c1cccc(-c2cc(-c3ccc(N4CCN(C)CC4)cc3)[nH]n2)n1. The summed E-state index contributed by atoms with van der Waals surface area (Å²) in [5, 5.41) is 7.46. The molecule has 1 fully saturated rings. The second kappa shape index (κ2) is 9.28. The predicted molar refractivity (Wildman–Crippen MR) is 121 cm³/mol. The van der Waals surface area contributed by atoms with Gasteiger partial charge in [-0.1, -0.05) is 18.2 Å². The number of carbonyl (C=O) groups is 1. The van der Waals surface area contributed by atoms with Crippen LogP contribution in [0.25, 0.3) is 22.6 Å². The van der Waals surface area contributed by atoms with Crippen molar-refractivity contribution in [2.75, 3.05) is 44.7 Å². The van der Waals surface area contributed by atoms with Crippen LogP contribution in [-0.4, -0.2) is 71.9 Å². The molecule has 1 aliphatic heterocycles. The van der Waals surface area contributed by atoms with Crippen molar-refractivity contribution in [1.29, 1.82) is 0 Å². The van der Waals surface area contributed by atoms with Crippen LogP contribution in [0, 0.1) is 0 Å². The Kier molecular flexibility index (Phi) is 6.29. The number of piperazine rings is 1. The number of pyridine rings is 1. The summed E-state index contributed by atoms with van der Waals surface area (Å²) in [7, 11) is 2.16. The smallest absolute Gasteiger partial charge is 0.357 e. The molecule has 31 heavy (non-hydrogen) atoms. The Bertz CT molecular complexity index is 1020. The number of anilines is 1. The summed E-state index contributed by atoms with van der Waals surface area (Å²) in [6, 6.07) is 15.6. The highest BCUT2D eigenvalue weighted by molar-refractivity contribution is 5.88. The van der Waals surface area contributed by atoms with Crippen LogP contribution < -0.4 is 10.6 Å². The van der Waals surface area contributed by atoms with Gasteiger partial charge in [-0.05, 0) is 49.9 Å². The Morgan fingerprint density at radius 1 is 1.13 bits per heavy atom. The number of nitrogens with zero attached hydrogens (tertiary/aromatic N) is 4. The Morgan fingerprint density at radius 3 is 2.58 bits per heavy atom. The van der Waals surface area contributed by atoms with Gasteiger partial charge in [-0.15, -0.1) is 0 Å². The average molecular weight is 421 g/mol. The summed E-state index contributed by atoms with van der Waals surface area (Å²) in [5.74, 6) is -0.491. The summed E-state index contributed by atoms with van der Waals surface area (Å²) in [5.41, 5.74) is 10.2. The number of benzene rings is 1. The number of carbonyl (C=O) groups excluding carboxylic acids is 1. The van der Waals surface area contributed by atoms with E-state index >= 15 is 0 Å². The third-order valence-corrected chi connectivity index (χ3v) is 5.49. The van der Waals surface area contributed by atoms with Gasteiger partial charge in [0.25, 0.3) is 0 Å². The zero-order valence-corrected chi connectivity index (χ0v) is 17.9. The zero-order chi connectivity index (χ0) is 21.8. The highest BCUT2D eigenvalue weighted by atomic mass is 16.5. The number of H-pyrrole nitrogens is 1. The molecular formula is C23H28N6O2. The largest absolute Gasteiger partial charge is 0.457 e. The number of hydrogen-bond acceptors (Lipinski definition) is 7. The van der Waals surface area contributed by atoms with E-state index in [1.807, 2.05) is 12.1 Å². The van der Waals surface area contributed by atoms with E-state index in [1.165, 1.54) is 5.69 Å². The van der Waals surface area contributed by atoms with Crippen molar-refractivity contribution in [3.05, 3.63) is 54.2 Å². The highest BCUT2D eigenvalue weighted by Crippen LogP contribution is 2.26. The minimum absolute atomic E-state index is 0.235. The molecule has 1 unspecified atom stereocenters. The summed E-state index contributed by atoms with van der Waals surface area (Å²) >= 11 is 0. The van der Waals surface area contributed by atoms with Crippen molar-refractivity contribution in [3.8, 4) is 22.6 Å². The fourth-order valence-electron chi connectivity index (χ4n) is 3.50. The van der Waals surface area contributed by atoms with Crippen molar-refractivity contribution < 1.29 is 9.53 Å². The summed E-state index contributed by atoms with van der Waals surface area (Å²) < 4.78 is 5.26. The van der Waals surface area contributed by atoms with Crippen LogP contribution in [0.5, 0.6) is 0 Å². The van der Waals surface area contributed by atoms with Crippen LogP contribution in [0.15, 0.2) is 48.5 Å². The monoisotopic (exact) mass is 420 g/mol. The lowest BCUT2D eigenvalue weighted by Crippen LogP contribution is -2.44. The number of rotatable bonds is 6. The Morgan fingerprint density at radius 2 is 1.87 bits per heavy atom. The van der Waals surface area contributed by atoms with Gasteiger partial charge in [0.05, 0.1) is 11.4 Å². The van der Waals surface area contributed by atoms with Crippen LogP contribution in [0.2, 0.25) is 0 Å². The number of aromatic amines is 1. The van der Waals surface area contributed by atoms with E-state index in [1.54, 1.807) is 19.1 Å². The molecule has 8 heteroatoms. The minimum atomic E-state index is -0.491. The standard InChI is InChI=1S/C23H28N6O2/c1-16(15-24)31-23(30)20-5-3-4-19(25-20)22-14-21(26-27-22)17-6-8-18(9-7-17)29-12-10-28(2)11-13-29/h3-9,14,16H,10-13,15,24H2,1-2H3,(H,26,27). The Labute approximate surface area is 182 Å². The van der Waals surface area contributed by atoms with Gasteiger partial charge in [-0.25, -0.2) is 9.78 Å². The fraction of sp³-hybridized carbons (Fsp3) is 0.348. The maximum Gasteiger partial charge on any atom is 0.357 e. The van der Waals surface area contributed by atoms with Gasteiger partial charge in [0.2, 0.25) is 0 Å². The van der Waals surface area contributed by atoms with E-state index in [0.717, 1.165) is 37.4 Å². The molecule has 1 atom stereocenters. The topological polar surface area (TPSA) is 100 Å². The first kappa shape index (κ1) is 21.0. The maximum atomic E-state index is 12.2. The number of hydrogen-bond donors (Lipinski definition) is 2. The zero-order valence-electron chi connectivity index (χ0n) is 17.9. The van der Waals surface area contributed by atoms with Crippen LogP contribution in [0.3, 0.4) is 0 Å². The van der Waals surface area contributed by atoms with Gasteiger partial charge in [0, 0.05) is 38.4 Å². The molecule has 0 bridgehead atoms. The molecule has 3 N–H and O–H groups in total. The molecule has 0 saturated carbocycles. The molecule has 8 nitrogen and oxygen atoms in total. The van der Waals surface area contributed by atoms with Crippen molar-refractivity contribution in [1.82, 2.24) is 20.1 Å². The molecule has 0 aliphatic carbocycles. The number of esters is 1. The van der Waals surface area contributed by atoms with Gasteiger partial charge in [-0.2, -0.15) is 5.10 Å². The van der Waals surface area contributed by atoms with Crippen LogP contribution in [-0.2, 0) is 4.74 Å². The lowest BCUT2D eigenvalue weighted by atomic mass is 10.1. The van der Waals surface area contributed by atoms with Crippen molar-refractivity contribution in [3.63, 3.8) is 0 Å². The first-order chi connectivity index (χ1) is 15.0. The molecule has 0 radical (unpaired) electrons. The fourth-order valence-corrected chi connectivity index (χ4v) is 3.50. The quantitative estimate of drug-likeness (QED) is 0.591. The second-order valence-electron chi connectivity index (χ2n) is 7.86. The minimum Gasteiger partial charge on any atom is -0.457 e. The van der Waals surface area contributed by atoms with Gasteiger partial charge >= 0.3 is 5.97 Å². The van der Waals surface area contributed by atoms with E-state index in [0.29, 0.717) is 11.4 Å². The molecule has 162 valence electrons. The van der Waals surface area contributed by atoms with E-state index in [-0.39, 0.29) is 18.3 Å². The van der Waals surface area contributed by atoms with Gasteiger partial charge < -0.3 is 20.3 Å². The molecule has 1 aromatic carbocycles. The molecule has 1 aliphatic rings. The third-order valence-electron chi connectivity index (χ3n) is 5.49. The first-order valence-electron chi connectivity index (χ1n) is 10.5. The van der Waals surface area contributed by atoms with Gasteiger partial charge in [-0.3, -0.25) is 5.10 Å². The molecule has 0 amide bonds. The first-order valence-corrected chi connectivity index (χ1v) is 10.5. The third kappa shape index (κ3) is 4.92. The molecule has 2 aromatic heterocycles. The van der Waals surface area contributed by atoms with Crippen LogP contribution in [0.4, 0.5) is 5.69 Å². The molecule has 3 aromatic rings. The molecule has 4 rings (SSSR count). The number of ether oxygens (including phenoxy) is 1. The number of aromatic nitrogens is 3. The highest BCUT2D eigenvalue weighted by Gasteiger charge is 2.16. The van der Waals surface area contributed by atoms with E-state index in [2.05, 4.69) is 56.3 Å². The number of nitrogens with two attached hydrogens (primary N) is 1. The van der Waals surface area contributed by atoms with E-state index < -0.39 is 5.97 Å². The Balaban J connectivity index is 1.48. The van der Waals surface area contributed by atoms with Crippen molar-refractivity contribution in [2.45, 2.75) is 13.0 Å². The van der Waals surface area contributed by atoms with Gasteiger partial charge in [0.15, 0.2) is 0 Å².